The van der Waals surface area contributed by atoms with Crippen LogP contribution in [0.15, 0.2) is 48.5 Å². The number of hydrogen-bond donors (Lipinski definition) is 1. The van der Waals surface area contributed by atoms with E-state index in [1.807, 2.05) is 31.2 Å². The first kappa shape index (κ1) is 17.2. The summed E-state index contributed by atoms with van der Waals surface area (Å²) in [6, 6.07) is 15.9. The van der Waals surface area contributed by atoms with Crippen LogP contribution in [-0.2, 0) is 4.79 Å². The van der Waals surface area contributed by atoms with E-state index < -0.39 is 0 Å². The molecule has 1 N–H and O–H groups in total. The van der Waals surface area contributed by atoms with Gasteiger partial charge in [-0.25, -0.2) is 4.68 Å². The maximum atomic E-state index is 12.3. The summed E-state index contributed by atoms with van der Waals surface area (Å²) in [7, 11) is 0. The van der Waals surface area contributed by atoms with Gasteiger partial charge in [-0.3, -0.25) is 4.79 Å². The van der Waals surface area contributed by atoms with Crippen LogP contribution in [0.25, 0.3) is 5.69 Å². The van der Waals surface area contributed by atoms with Crippen molar-refractivity contribution < 1.29 is 4.79 Å². The van der Waals surface area contributed by atoms with Crippen molar-refractivity contribution in [1.29, 1.82) is 0 Å². The number of nitrogens with one attached hydrogen (secondary N) is 1. The van der Waals surface area contributed by atoms with Crippen molar-refractivity contribution in [3.05, 3.63) is 75.9 Å². The van der Waals surface area contributed by atoms with E-state index in [2.05, 4.69) is 36.5 Å². The lowest BCUT2D eigenvalue weighted by molar-refractivity contribution is -0.113. The van der Waals surface area contributed by atoms with Crippen molar-refractivity contribution in [3.8, 4) is 5.69 Å². The monoisotopic (exact) mass is 383 g/mol. The van der Waals surface area contributed by atoms with Crippen LogP contribution in [-0.4, -0.2) is 21.4 Å². The molecule has 0 saturated heterocycles. The first-order valence-corrected chi connectivity index (χ1v) is 9.79. The van der Waals surface area contributed by atoms with Crippen LogP contribution in [0, 0.1) is 13.8 Å². The number of thioether (sulfide) groups is 1. The number of carbonyl (C=O) groups excluding carboxylic acids is 1. The molecule has 0 fully saturated rings. The number of fused-ring (bicyclic) bond motifs is 1. The molecule has 132 valence electrons. The van der Waals surface area contributed by atoms with Crippen LogP contribution in [0.2, 0.25) is 5.02 Å². The van der Waals surface area contributed by atoms with Gasteiger partial charge in [-0.05, 0) is 43.7 Å². The Morgan fingerprint density at radius 3 is 2.50 bits per heavy atom. The molecular formula is C20H18ClN3OS. The van der Waals surface area contributed by atoms with Crippen LogP contribution in [0.5, 0.6) is 0 Å². The van der Waals surface area contributed by atoms with E-state index in [4.69, 9.17) is 16.7 Å². The molecule has 1 unspecified atom stereocenters. The number of carbonyl (C=O) groups is 1. The highest BCUT2D eigenvalue weighted by molar-refractivity contribution is 8.00. The van der Waals surface area contributed by atoms with E-state index in [0.29, 0.717) is 10.8 Å². The number of nitrogens with zero attached hydrogens (tertiary/aromatic N) is 2. The molecule has 4 nitrogen and oxygen atoms in total. The maximum absolute atomic E-state index is 12.3. The number of aromatic nitrogens is 2. The van der Waals surface area contributed by atoms with Crippen LogP contribution >= 0.6 is 23.4 Å². The highest BCUT2D eigenvalue weighted by atomic mass is 35.5. The van der Waals surface area contributed by atoms with Crippen molar-refractivity contribution in [2.24, 2.45) is 0 Å². The number of benzene rings is 2. The van der Waals surface area contributed by atoms with Gasteiger partial charge in [0, 0.05) is 10.6 Å². The predicted octanol–water partition coefficient (Wildman–Crippen LogP) is 4.92. The Kier molecular flexibility index (Phi) is 4.51. The molecule has 2 heterocycles. The summed E-state index contributed by atoms with van der Waals surface area (Å²) >= 11 is 7.64. The third-order valence-electron chi connectivity index (χ3n) is 4.46. The number of anilines is 1. The normalized spacial score (nSPS) is 16.7. The quantitative estimate of drug-likeness (QED) is 0.683. The summed E-state index contributed by atoms with van der Waals surface area (Å²) in [4.78, 5) is 12.3. The third-order valence-corrected chi connectivity index (χ3v) is 5.98. The molecule has 0 saturated carbocycles. The predicted molar refractivity (Wildman–Crippen MR) is 107 cm³/mol. The molecule has 0 spiro atoms. The highest BCUT2D eigenvalue weighted by Gasteiger charge is 2.30. The Balaban J connectivity index is 1.87. The number of aryl methyl sites for hydroxylation is 2. The van der Waals surface area contributed by atoms with Crippen LogP contribution in [0.4, 0.5) is 5.82 Å². The minimum atomic E-state index is -0.0130. The summed E-state index contributed by atoms with van der Waals surface area (Å²) in [5.41, 5.74) is 5.23. The van der Waals surface area contributed by atoms with Crippen molar-refractivity contribution in [2.45, 2.75) is 19.1 Å². The fourth-order valence-electron chi connectivity index (χ4n) is 3.16. The molecule has 1 aliphatic rings. The van der Waals surface area contributed by atoms with E-state index in [9.17, 15) is 4.79 Å². The topological polar surface area (TPSA) is 46.9 Å². The molecule has 0 aliphatic carbocycles. The minimum Gasteiger partial charge on any atom is -0.310 e. The summed E-state index contributed by atoms with van der Waals surface area (Å²) in [6.45, 7) is 4.06. The molecule has 0 bridgehead atoms. The minimum absolute atomic E-state index is 0.0130. The van der Waals surface area contributed by atoms with Gasteiger partial charge in [0.1, 0.15) is 5.82 Å². The molecule has 1 aromatic heterocycles. The Hall–Kier alpha value is -2.24. The lowest BCUT2D eigenvalue weighted by Crippen LogP contribution is -2.15. The fraction of sp³-hybridized carbons (Fsp3) is 0.200. The summed E-state index contributed by atoms with van der Waals surface area (Å²) in [6.07, 6.45) is 0. The molecule has 1 atom stereocenters. The second-order valence-electron chi connectivity index (χ2n) is 6.39. The molecule has 1 aliphatic heterocycles. The van der Waals surface area contributed by atoms with Gasteiger partial charge in [0.05, 0.1) is 22.4 Å². The second kappa shape index (κ2) is 6.82. The van der Waals surface area contributed by atoms with Gasteiger partial charge in [-0.15, -0.1) is 11.8 Å². The first-order chi connectivity index (χ1) is 12.5. The van der Waals surface area contributed by atoms with Gasteiger partial charge in [-0.2, -0.15) is 5.10 Å². The number of halogens is 1. The Bertz CT molecular complexity index is 964. The Morgan fingerprint density at radius 2 is 1.81 bits per heavy atom. The summed E-state index contributed by atoms with van der Waals surface area (Å²) in [5.74, 6) is 1.14. The van der Waals surface area contributed by atoms with E-state index in [0.717, 1.165) is 22.8 Å². The van der Waals surface area contributed by atoms with Gasteiger partial charge in [-0.1, -0.05) is 41.4 Å². The molecular weight excluding hydrogens is 366 g/mol. The third kappa shape index (κ3) is 3.13. The van der Waals surface area contributed by atoms with Crippen molar-refractivity contribution in [1.82, 2.24) is 9.78 Å². The Labute approximate surface area is 161 Å². The highest BCUT2D eigenvalue weighted by Crippen LogP contribution is 2.43. The van der Waals surface area contributed by atoms with Crippen LogP contribution in [0.1, 0.15) is 27.6 Å². The molecule has 0 radical (unpaired) electrons. The fourth-order valence-corrected chi connectivity index (χ4v) is 4.47. The summed E-state index contributed by atoms with van der Waals surface area (Å²) in [5, 5.41) is 8.48. The van der Waals surface area contributed by atoms with E-state index in [-0.39, 0.29) is 11.2 Å². The van der Waals surface area contributed by atoms with E-state index in [1.165, 1.54) is 11.1 Å². The largest absolute Gasteiger partial charge is 0.310 e. The molecule has 26 heavy (non-hydrogen) atoms. The van der Waals surface area contributed by atoms with E-state index >= 15 is 0 Å². The standard InChI is InChI=1S/C20H18ClN3OS/c1-12-3-5-14(6-4-12)19-18-13(2)23-24(16-9-7-15(21)8-10-16)20(18)22-17(25)11-26-19/h3-10,19H,11H2,1-2H3,(H,22,25). The van der Waals surface area contributed by atoms with Gasteiger partial charge < -0.3 is 5.32 Å². The average molecular weight is 384 g/mol. The second-order valence-corrected chi connectivity index (χ2v) is 7.92. The zero-order valence-electron chi connectivity index (χ0n) is 14.5. The van der Waals surface area contributed by atoms with Crippen molar-refractivity contribution in [2.75, 3.05) is 11.1 Å². The maximum Gasteiger partial charge on any atom is 0.235 e. The van der Waals surface area contributed by atoms with Gasteiger partial charge in [0.15, 0.2) is 0 Å². The molecule has 6 heteroatoms. The molecule has 3 aromatic rings. The van der Waals surface area contributed by atoms with E-state index in [1.54, 1.807) is 16.4 Å². The molecule has 4 rings (SSSR count). The zero-order chi connectivity index (χ0) is 18.3. The lowest BCUT2D eigenvalue weighted by Gasteiger charge is -2.15. The number of hydrogen-bond acceptors (Lipinski definition) is 3. The number of amides is 1. The van der Waals surface area contributed by atoms with Gasteiger partial charge in [0.25, 0.3) is 0 Å². The number of rotatable bonds is 2. The Morgan fingerprint density at radius 1 is 1.12 bits per heavy atom. The average Bonchev–Trinajstić information content (AvgIpc) is 2.83. The molecule has 2 aromatic carbocycles. The van der Waals surface area contributed by atoms with Crippen LogP contribution in [0.3, 0.4) is 0 Å². The van der Waals surface area contributed by atoms with Crippen LogP contribution < -0.4 is 5.32 Å². The first-order valence-electron chi connectivity index (χ1n) is 8.36. The SMILES string of the molecule is Cc1ccc(C2SCC(=O)Nc3c2c(C)nn3-c2ccc(Cl)cc2)cc1. The lowest BCUT2D eigenvalue weighted by atomic mass is 10.0. The van der Waals surface area contributed by atoms with Gasteiger partial charge >= 0.3 is 0 Å². The molecule has 1 amide bonds. The van der Waals surface area contributed by atoms with Crippen molar-refractivity contribution in [3.63, 3.8) is 0 Å². The van der Waals surface area contributed by atoms with Gasteiger partial charge in [0.2, 0.25) is 5.91 Å². The zero-order valence-corrected chi connectivity index (χ0v) is 16.1. The van der Waals surface area contributed by atoms with Crippen molar-refractivity contribution >= 4 is 35.1 Å². The smallest absolute Gasteiger partial charge is 0.235 e. The summed E-state index contributed by atoms with van der Waals surface area (Å²) < 4.78 is 1.80.